The second-order valence-electron chi connectivity index (χ2n) is 4.47. The Labute approximate surface area is 136 Å². The summed E-state index contributed by atoms with van der Waals surface area (Å²) in [4.78, 5) is 0. The molecule has 0 saturated carbocycles. The minimum Gasteiger partial charge on any atom is -0.493 e. The number of hydrogen-bond donors (Lipinski definition) is 1. The molecular formula is C18H21N3O2. The topological polar surface area (TPSA) is 56.3 Å². The van der Waals surface area contributed by atoms with Crippen LogP contribution in [0.5, 0.6) is 11.5 Å². The molecule has 1 aromatic heterocycles. The largest absolute Gasteiger partial charge is 0.493 e. The zero-order valence-electron chi connectivity index (χ0n) is 13.8. The Kier molecular flexibility index (Phi) is 5.74. The molecule has 3 rings (SSSR count). The maximum atomic E-state index is 5.31. The first-order chi connectivity index (χ1) is 11.3. The summed E-state index contributed by atoms with van der Waals surface area (Å²) in [6.07, 6.45) is 1.71. The Hall–Kier alpha value is -2.82. The van der Waals surface area contributed by atoms with Crippen LogP contribution in [0.1, 0.15) is 13.8 Å². The van der Waals surface area contributed by atoms with Crippen molar-refractivity contribution in [3.63, 3.8) is 0 Å². The van der Waals surface area contributed by atoms with E-state index in [1.165, 1.54) is 0 Å². The summed E-state index contributed by atoms with van der Waals surface area (Å²) in [7, 11) is 3.23. The summed E-state index contributed by atoms with van der Waals surface area (Å²) in [5.41, 5.74) is 2.64. The van der Waals surface area contributed by atoms with Crippen LogP contribution in [0.4, 0.5) is 11.4 Å². The lowest BCUT2D eigenvalue weighted by molar-refractivity contribution is 0.355. The van der Waals surface area contributed by atoms with Crippen LogP contribution < -0.4 is 14.8 Å². The van der Waals surface area contributed by atoms with Gasteiger partial charge < -0.3 is 14.8 Å². The van der Waals surface area contributed by atoms with Gasteiger partial charge in [-0.3, -0.25) is 0 Å². The molecule has 0 unspecified atom stereocenters. The highest BCUT2D eigenvalue weighted by molar-refractivity contribution is 5.92. The molecule has 1 N–H and O–H groups in total. The van der Waals surface area contributed by atoms with Gasteiger partial charge in [0.1, 0.15) is 0 Å². The predicted octanol–water partition coefficient (Wildman–Crippen LogP) is 4.42. The van der Waals surface area contributed by atoms with E-state index in [1.54, 1.807) is 20.4 Å². The first kappa shape index (κ1) is 16.5. The number of nitrogens with zero attached hydrogens (tertiary/aromatic N) is 2. The summed E-state index contributed by atoms with van der Waals surface area (Å²) in [6.45, 7) is 4.00. The third-order valence-corrected chi connectivity index (χ3v) is 3.21. The molecule has 3 aromatic rings. The van der Waals surface area contributed by atoms with Gasteiger partial charge in [-0.15, -0.1) is 0 Å². The minimum atomic E-state index is 0.675. The quantitative estimate of drug-likeness (QED) is 0.773. The first-order valence-electron chi connectivity index (χ1n) is 7.51. The number of rotatable bonds is 4. The monoisotopic (exact) mass is 311 g/mol. The van der Waals surface area contributed by atoms with Crippen molar-refractivity contribution in [3.8, 4) is 11.5 Å². The van der Waals surface area contributed by atoms with Crippen molar-refractivity contribution < 1.29 is 9.47 Å². The molecule has 0 saturated heterocycles. The molecule has 0 aliphatic carbocycles. The fourth-order valence-electron chi connectivity index (χ4n) is 2.18. The van der Waals surface area contributed by atoms with E-state index in [9.17, 15) is 0 Å². The van der Waals surface area contributed by atoms with Crippen LogP contribution in [-0.4, -0.2) is 24.4 Å². The lowest BCUT2D eigenvalue weighted by atomic mass is 10.2. The molecule has 1 heterocycles. The van der Waals surface area contributed by atoms with Gasteiger partial charge in [0, 0.05) is 17.1 Å². The van der Waals surface area contributed by atoms with Gasteiger partial charge in [-0.1, -0.05) is 32.0 Å². The van der Waals surface area contributed by atoms with Gasteiger partial charge in [0.05, 0.1) is 31.6 Å². The van der Waals surface area contributed by atoms with Gasteiger partial charge in [0.15, 0.2) is 11.5 Å². The Morgan fingerprint density at radius 3 is 2.39 bits per heavy atom. The Balaban J connectivity index is 0.000000924. The third-order valence-electron chi connectivity index (χ3n) is 3.21. The highest BCUT2D eigenvalue weighted by Crippen LogP contribution is 2.32. The molecular weight excluding hydrogens is 290 g/mol. The smallest absolute Gasteiger partial charge is 0.162 e. The van der Waals surface area contributed by atoms with Gasteiger partial charge in [-0.05, 0) is 18.2 Å². The zero-order chi connectivity index (χ0) is 16.7. The fourth-order valence-corrected chi connectivity index (χ4v) is 2.18. The van der Waals surface area contributed by atoms with E-state index in [4.69, 9.17) is 9.47 Å². The Bertz CT molecular complexity index is 770. The van der Waals surface area contributed by atoms with Crippen LogP contribution in [0.15, 0.2) is 48.7 Å². The summed E-state index contributed by atoms with van der Waals surface area (Å²) in [6, 6.07) is 13.5. The molecule has 23 heavy (non-hydrogen) atoms. The summed E-state index contributed by atoms with van der Waals surface area (Å²) in [5.74, 6) is 1.37. The van der Waals surface area contributed by atoms with Crippen LogP contribution in [-0.2, 0) is 0 Å². The predicted molar refractivity (Wildman–Crippen MR) is 93.7 cm³/mol. The number of anilines is 2. The summed E-state index contributed by atoms with van der Waals surface area (Å²) >= 11 is 0. The molecule has 0 spiro atoms. The van der Waals surface area contributed by atoms with E-state index in [-0.39, 0.29) is 0 Å². The van der Waals surface area contributed by atoms with Crippen LogP contribution in [0, 0.1) is 0 Å². The van der Waals surface area contributed by atoms with Crippen LogP contribution in [0.3, 0.4) is 0 Å². The second kappa shape index (κ2) is 7.98. The Morgan fingerprint density at radius 2 is 1.65 bits per heavy atom. The van der Waals surface area contributed by atoms with Gasteiger partial charge >= 0.3 is 0 Å². The molecule has 0 aliphatic heterocycles. The van der Waals surface area contributed by atoms with Crippen LogP contribution in [0.25, 0.3) is 10.9 Å². The number of ether oxygens (including phenoxy) is 2. The highest BCUT2D eigenvalue weighted by atomic mass is 16.5. The highest BCUT2D eigenvalue weighted by Gasteiger charge is 2.07. The van der Waals surface area contributed by atoms with E-state index in [0.29, 0.717) is 11.5 Å². The molecule has 5 heteroatoms. The van der Waals surface area contributed by atoms with E-state index in [0.717, 1.165) is 22.3 Å². The Morgan fingerprint density at radius 1 is 0.913 bits per heavy atom. The normalized spacial score (nSPS) is 9.74. The first-order valence-corrected chi connectivity index (χ1v) is 7.51. The van der Waals surface area contributed by atoms with E-state index in [1.807, 2.05) is 56.3 Å². The number of methoxy groups -OCH3 is 2. The van der Waals surface area contributed by atoms with Gasteiger partial charge in [-0.2, -0.15) is 10.2 Å². The van der Waals surface area contributed by atoms with Crippen LogP contribution in [0.2, 0.25) is 0 Å². The van der Waals surface area contributed by atoms with Gasteiger partial charge in [0.2, 0.25) is 0 Å². The van der Waals surface area contributed by atoms with E-state index >= 15 is 0 Å². The summed E-state index contributed by atoms with van der Waals surface area (Å²) in [5, 5.41) is 12.5. The maximum Gasteiger partial charge on any atom is 0.162 e. The lowest BCUT2D eigenvalue weighted by Crippen LogP contribution is -1.96. The molecule has 0 aliphatic rings. The average Bonchev–Trinajstić information content (AvgIpc) is 2.63. The van der Waals surface area contributed by atoms with Crippen molar-refractivity contribution in [3.05, 3.63) is 48.7 Å². The molecule has 0 amide bonds. The number of fused-ring (bicyclic) bond motifs is 1. The molecule has 0 radical (unpaired) electrons. The van der Waals surface area contributed by atoms with Crippen molar-refractivity contribution in [2.45, 2.75) is 13.8 Å². The molecule has 0 fully saturated rings. The molecule has 2 aromatic carbocycles. The average molecular weight is 311 g/mol. The van der Waals surface area contributed by atoms with Crippen molar-refractivity contribution in [2.24, 2.45) is 0 Å². The second-order valence-corrected chi connectivity index (χ2v) is 4.47. The van der Waals surface area contributed by atoms with E-state index < -0.39 is 0 Å². The SMILES string of the molecule is CC.COc1ccc(Nc2cnnc3ccccc23)cc1OC. The fraction of sp³-hybridized carbons (Fsp3) is 0.222. The maximum absolute atomic E-state index is 5.31. The molecule has 0 atom stereocenters. The number of hydrogen-bond acceptors (Lipinski definition) is 5. The number of benzene rings is 2. The summed E-state index contributed by atoms with van der Waals surface area (Å²) < 4.78 is 10.5. The van der Waals surface area contributed by atoms with Crippen molar-refractivity contribution in [1.29, 1.82) is 0 Å². The third kappa shape index (κ3) is 3.69. The lowest BCUT2D eigenvalue weighted by Gasteiger charge is -2.12. The standard InChI is InChI=1S/C16H15N3O2.C2H6/c1-20-15-8-7-11(9-16(15)21-2)18-14-10-17-19-13-6-4-3-5-12(13)14;1-2/h3-10H,1-2H3,(H,18,19);1-2H3. The van der Waals surface area contributed by atoms with Crippen molar-refractivity contribution in [1.82, 2.24) is 10.2 Å². The molecule has 120 valence electrons. The van der Waals surface area contributed by atoms with Crippen molar-refractivity contribution >= 4 is 22.3 Å². The van der Waals surface area contributed by atoms with Crippen LogP contribution >= 0.6 is 0 Å². The number of nitrogens with one attached hydrogen (secondary N) is 1. The van der Waals surface area contributed by atoms with Crippen molar-refractivity contribution in [2.75, 3.05) is 19.5 Å². The molecule has 5 nitrogen and oxygen atoms in total. The minimum absolute atomic E-state index is 0.675. The zero-order valence-corrected chi connectivity index (χ0v) is 13.8. The van der Waals surface area contributed by atoms with E-state index in [2.05, 4.69) is 15.5 Å². The number of aromatic nitrogens is 2. The molecule has 0 bridgehead atoms. The van der Waals surface area contributed by atoms with Gasteiger partial charge in [-0.25, -0.2) is 0 Å². The van der Waals surface area contributed by atoms with Gasteiger partial charge in [0.25, 0.3) is 0 Å².